The number of hydrogen-bond acceptors (Lipinski definition) is 8. The van der Waals surface area contributed by atoms with Crippen molar-refractivity contribution in [3.8, 4) is 5.75 Å². The highest BCUT2D eigenvalue weighted by atomic mass is 19.1. The van der Waals surface area contributed by atoms with Crippen LogP contribution >= 0.6 is 0 Å². The van der Waals surface area contributed by atoms with Crippen molar-refractivity contribution in [3.63, 3.8) is 0 Å². The van der Waals surface area contributed by atoms with Crippen molar-refractivity contribution in [2.45, 2.75) is 0 Å². The smallest absolute Gasteiger partial charge is 0.311 e. The molecule has 11 heteroatoms. The van der Waals surface area contributed by atoms with Crippen LogP contribution in [0.5, 0.6) is 5.75 Å². The van der Waals surface area contributed by atoms with Gasteiger partial charge in [-0.3, -0.25) is 14.9 Å². The molecule has 2 aromatic heterocycles. The van der Waals surface area contributed by atoms with Gasteiger partial charge in [0.05, 0.1) is 34.8 Å². The molecular weight excluding hydrogens is 395 g/mol. The molecule has 4 rings (SSSR count). The predicted molar refractivity (Wildman–Crippen MR) is 110 cm³/mol. The van der Waals surface area contributed by atoms with Gasteiger partial charge in [-0.05, 0) is 24.3 Å². The number of hydrogen-bond donors (Lipinski definition) is 2. The zero-order chi connectivity index (χ0) is 21.6. The number of halogens is 1. The number of ether oxygens (including phenoxy) is 1. The highest BCUT2D eigenvalue weighted by molar-refractivity contribution is 6.05. The molecule has 3 N–H and O–H groups in total. The maximum absolute atomic E-state index is 13.4. The molecule has 0 unspecified atom stereocenters. The fourth-order valence-electron chi connectivity index (χ4n) is 3.17. The minimum Gasteiger partial charge on any atom is -0.490 e. The number of nitro groups is 1. The van der Waals surface area contributed by atoms with Crippen molar-refractivity contribution in [1.82, 2.24) is 14.5 Å². The van der Waals surface area contributed by atoms with Crippen molar-refractivity contribution in [2.24, 2.45) is 7.05 Å². The van der Waals surface area contributed by atoms with Crippen LogP contribution < -0.4 is 21.3 Å². The van der Waals surface area contributed by atoms with Gasteiger partial charge in [0.15, 0.2) is 5.75 Å². The summed E-state index contributed by atoms with van der Waals surface area (Å²) in [4.78, 5) is 32.1. The van der Waals surface area contributed by atoms with Gasteiger partial charge < -0.3 is 20.4 Å². The van der Waals surface area contributed by atoms with Gasteiger partial charge in [0, 0.05) is 24.2 Å². The SMILES string of the molecule is COc1cc2c(cc1[N+](=O)[O-])c(=O)n(C)c1cnc(Nc3ccc(F)c(N)c3)nc21. The number of anilines is 3. The molecule has 0 amide bonds. The Labute approximate surface area is 167 Å². The second-order valence-electron chi connectivity index (χ2n) is 6.48. The summed E-state index contributed by atoms with van der Waals surface area (Å²) in [6.45, 7) is 0. The van der Waals surface area contributed by atoms with Crippen molar-refractivity contribution < 1.29 is 14.1 Å². The lowest BCUT2D eigenvalue weighted by atomic mass is 10.1. The number of aromatic nitrogens is 3. The number of fused-ring (bicyclic) bond motifs is 3. The predicted octanol–water partition coefficient (Wildman–Crippen LogP) is 2.86. The van der Waals surface area contributed by atoms with Crippen molar-refractivity contribution in [3.05, 3.63) is 62.8 Å². The summed E-state index contributed by atoms with van der Waals surface area (Å²) in [5.74, 6) is -0.373. The van der Waals surface area contributed by atoms with E-state index in [2.05, 4.69) is 15.3 Å². The Morgan fingerprint density at radius 2 is 2.03 bits per heavy atom. The zero-order valence-electron chi connectivity index (χ0n) is 15.8. The number of nitrogen functional groups attached to an aromatic ring is 1. The summed E-state index contributed by atoms with van der Waals surface area (Å²) in [7, 11) is 2.83. The summed E-state index contributed by atoms with van der Waals surface area (Å²) in [6, 6.07) is 6.66. The van der Waals surface area contributed by atoms with E-state index in [1.165, 1.54) is 55.3 Å². The Kier molecular flexibility index (Phi) is 4.42. The third-order valence-electron chi connectivity index (χ3n) is 4.69. The molecule has 0 saturated heterocycles. The molecular formula is C19H15FN6O4. The van der Waals surface area contributed by atoms with Crippen LogP contribution in [-0.2, 0) is 7.05 Å². The number of benzene rings is 2. The lowest BCUT2D eigenvalue weighted by Gasteiger charge is -2.12. The van der Waals surface area contributed by atoms with Crippen LogP contribution in [0.15, 0.2) is 41.3 Å². The topological polar surface area (TPSA) is 138 Å². The maximum Gasteiger partial charge on any atom is 0.311 e. The minimum atomic E-state index is -0.617. The van der Waals surface area contributed by atoms with E-state index in [-0.39, 0.29) is 28.5 Å². The Morgan fingerprint density at radius 3 is 2.70 bits per heavy atom. The molecule has 0 fully saturated rings. The fraction of sp³-hybridized carbons (Fsp3) is 0.105. The lowest BCUT2D eigenvalue weighted by molar-refractivity contribution is -0.385. The second-order valence-corrected chi connectivity index (χ2v) is 6.48. The Balaban J connectivity index is 1.96. The first kappa shape index (κ1) is 19.1. The van der Waals surface area contributed by atoms with Gasteiger partial charge in [0.2, 0.25) is 5.95 Å². The quantitative estimate of drug-likeness (QED) is 0.227. The van der Waals surface area contributed by atoms with Crippen LogP contribution in [-0.4, -0.2) is 26.6 Å². The van der Waals surface area contributed by atoms with E-state index >= 15 is 0 Å². The number of pyridine rings is 1. The monoisotopic (exact) mass is 410 g/mol. The molecule has 0 radical (unpaired) electrons. The number of nitrogens with two attached hydrogens (primary N) is 1. The summed E-state index contributed by atoms with van der Waals surface area (Å²) >= 11 is 0. The van der Waals surface area contributed by atoms with E-state index < -0.39 is 16.3 Å². The molecule has 2 heterocycles. The van der Waals surface area contributed by atoms with E-state index in [0.29, 0.717) is 22.1 Å². The molecule has 0 saturated carbocycles. The molecule has 0 atom stereocenters. The van der Waals surface area contributed by atoms with Crippen LogP contribution in [0.2, 0.25) is 0 Å². The first-order valence-electron chi connectivity index (χ1n) is 8.64. The Hall–Kier alpha value is -4.28. The van der Waals surface area contributed by atoms with Crippen LogP contribution in [0.25, 0.3) is 21.8 Å². The van der Waals surface area contributed by atoms with E-state index in [0.717, 1.165) is 0 Å². The number of methoxy groups -OCH3 is 1. The third-order valence-corrected chi connectivity index (χ3v) is 4.69. The molecule has 10 nitrogen and oxygen atoms in total. The molecule has 30 heavy (non-hydrogen) atoms. The Bertz CT molecular complexity index is 1400. The van der Waals surface area contributed by atoms with Gasteiger partial charge >= 0.3 is 5.69 Å². The number of nitro benzene ring substituents is 1. The highest BCUT2D eigenvalue weighted by Gasteiger charge is 2.20. The van der Waals surface area contributed by atoms with Crippen LogP contribution in [0, 0.1) is 15.9 Å². The highest BCUT2D eigenvalue weighted by Crippen LogP contribution is 2.33. The average molecular weight is 410 g/mol. The first-order chi connectivity index (χ1) is 14.3. The number of nitrogens with zero attached hydrogens (tertiary/aromatic N) is 4. The van der Waals surface area contributed by atoms with E-state index in [1.54, 1.807) is 0 Å². The minimum absolute atomic E-state index is 0.00137. The normalized spacial score (nSPS) is 11.0. The van der Waals surface area contributed by atoms with Crippen molar-refractivity contribution in [1.29, 1.82) is 0 Å². The number of rotatable bonds is 4. The first-order valence-corrected chi connectivity index (χ1v) is 8.64. The average Bonchev–Trinajstić information content (AvgIpc) is 2.73. The number of nitrogens with one attached hydrogen (secondary N) is 1. The van der Waals surface area contributed by atoms with Gasteiger partial charge in [0.1, 0.15) is 11.3 Å². The summed E-state index contributed by atoms with van der Waals surface area (Å²) < 4.78 is 19.8. The summed E-state index contributed by atoms with van der Waals surface area (Å²) in [6.07, 6.45) is 1.45. The lowest BCUT2D eigenvalue weighted by Crippen LogP contribution is -2.18. The zero-order valence-corrected chi connectivity index (χ0v) is 15.8. The van der Waals surface area contributed by atoms with Gasteiger partial charge in [-0.1, -0.05) is 0 Å². The number of aryl methyl sites for hydroxylation is 1. The second kappa shape index (κ2) is 6.95. The molecule has 0 spiro atoms. The molecule has 4 aromatic rings. The summed E-state index contributed by atoms with van der Waals surface area (Å²) in [5, 5.41) is 14.8. The van der Waals surface area contributed by atoms with E-state index in [1.807, 2.05) is 0 Å². The fourth-order valence-corrected chi connectivity index (χ4v) is 3.17. The molecule has 152 valence electrons. The van der Waals surface area contributed by atoms with Crippen molar-refractivity contribution in [2.75, 3.05) is 18.2 Å². The third kappa shape index (κ3) is 3.02. The van der Waals surface area contributed by atoms with Gasteiger partial charge in [-0.2, -0.15) is 0 Å². The van der Waals surface area contributed by atoms with Crippen LogP contribution in [0.4, 0.5) is 27.4 Å². The van der Waals surface area contributed by atoms with Gasteiger partial charge in [-0.15, -0.1) is 0 Å². The maximum atomic E-state index is 13.4. The molecule has 0 aliphatic heterocycles. The van der Waals surface area contributed by atoms with Gasteiger partial charge in [0.25, 0.3) is 5.56 Å². The van der Waals surface area contributed by atoms with Crippen LogP contribution in [0.1, 0.15) is 0 Å². The Morgan fingerprint density at radius 1 is 1.27 bits per heavy atom. The van der Waals surface area contributed by atoms with E-state index in [4.69, 9.17) is 10.5 Å². The standard InChI is InChI=1S/C19H15FN6O4/c1-25-15-8-22-19(23-9-3-4-12(20)13(21)5-9)24-17(15)10-7-16(30-2)14(26(28)29)6-11(10)18(25)27/h3-8H,21H2,1-2H3,(H,22,23,24). The molecule has 0 bridgehead atoms. The van der Waals surface area contributed by atoms with Gasteiger partial charge in [-0.25, -0.2) is 14.4 Å². The van der Waals surface area contributed by atoms with Crippen LogP contribution in [0.3, 0.4) is 0 Å². The molecule has 0 aliphatic carbocycles. The summed E-state index contributed by atoms with van der Waals surface area (Å²) in [5.41, 5.74) is 6.07. The van der Waals surface area contributed by atoms with Crippen molar-refractivity contribution >= 4 is 44.8 Å². The molecule has 2 aromatic carbocycles. The largest absolute Gasteiger partial charge is 0.490 e. The van der Waals surface area contributed by atoms with E-state index in [9.17, 15) is 19.3 Å². The molecule has 0 aliphatic rings.